The summed E-state index contributed by atoms with van der Waals surface area (Å²) in [6.07, 6.45) is 0.0744. The second-order valence-electron chi connectivity index (χ2n) is 4.07. The van der Waals surface area contributed by atoms with Crippen molar-refractivity contribution in [3.63, 3.8) is 0 Å². The lowest BCUT2D eigenvalue weighted by Gasteiger charge is -2.15. The summed E-state index contributed by atoms with van der Waals surface area (Å²) in [4.78, 5) is 34.9. The van der Waals surface area contributed by atoms with E-state index in [9.17, 15) is 18.8 Å². The third kappa shape index (κ3) is 2.44. The fourth-order valence-corrected chi connectivity index (χ4v) is 2.06. The fraction of sp³-hybridized carbons (Fsp3) is 0.250. The van der Waals surface area contributed by atoms with Crippen LogP contribution >= 0.6 is 11.6 Å². The first kappa shape index (κ1) is 13.5. The molecule has 0 atom stereocenters. The monoisotopic (exact) mass is 285 g/mol. The van der Waals surface area contributed by atoms with Crippen molar-refractivity contribution in [3.8, 4) is 0 Å². The number of hydrogen-bond acceptors (Lipinski definition) is 3. The Morgan fingerprint density at radius 3 is 2.68 bits per heavy atom. The van der Waals surface area contributed by atoms with Crippen LogP contribution in [0.3, 0.4) is 0 Å². The lowest BCUT2D eigenvalue weighted by Crippen LogP contribution is -2.30. The van der Waals surface area contributed by atoms with Gasteiger partial charge in [-0.1, -0.05) is 11.6 Å². The fourth-order valence-electron chi connectivity index (χ4n) is 1.90. The molecular formula is C12H9ClFNO4. The zero-order chi connectivity index (χ0) is 14.2. The first-order valence-electron chi connectivity index (χ1n) is 5.49. The Bertz CT molecular complexity index is 587. The molecule has 0 radical (unpaired) electrons. The van der Waals surface area contributed by atoms with Crippen molar-refractivity contribution in [2.24, 2.45) is 0 Å². The summed E-state index contributed by atoms with van der Waals surface area (Å²) in [7, 11) is 0. The molecule has 0 spiro atoms. The topological polar surface area (TPSA) is 74.7 Å². The number of halogens is 2. The van der Waals surface area contributed by atoms with Crippen molar-refractivity contribution >= 4 is 34.9 Å². The maximum Gasteiger partial charge on any atom is 0.303 e. The molecule has 19 heavy (non-hydrogen) atoms. The molecule has 7 heteroatoms. The molecule has 0 fully saturated rings. The molecule has 1 amide bonds. The van der Waals surface area contributed by atoms with Crippen LogP contribution < -0.4 is 4.90 Å². The minimum atomic E-state index is -0.990. The molecule has 2 rings (SSSR count). The number of hydrogen-bond donors (Lipinski definition) is 1. The first-order chi connectivity index (χ1) is 8.91. The predicted molar refractivity (Wildman–Crippen MR) is 65.0 cm³/mol. The van der Waals surface area contributed by atoms with Gasteiger partial charge in [0.25, 0.3) is 11.7 Å². The Hall–Kier alpha value is -1.95. The number of carbonyl (C=O) groups excluding carboxylic acids is 2. The van der Waals surface area contributed by atoms with Crippen LogP contribution in [0.5, 0.6) is 0 Å². The van der Waals surface area contributed by atoms with Crippen LogP contribution in [0, 0.1) is 5.82 Å². The van der Waals surface area contributed by atoms with Gasteiger partial charge in [0.15, 0.2) is 0 Å². The lowest BCUT2D eigenvalue weighted by molar-refractivity contribution is -0.137. The standard InChI is InChI=1S/C12H9ClFNO4/c13-7-5-9-6(4-8(7)14)11(18)12(19)15(9)3-1-2-10(16)17/h4-5H,1-3H2,(H,16,17). The number of carboxylic acids is 1. The molecule has 1 aliphatic rings. The van der Waals surface area contributed by atoms with Crippen molar-refractivity contribution in [2.45, 2.75) is 12.8 Å². The smallest absolute Gasteiger partial charge is 0.303 e. The normalized spacial score (nSPS) is 13.9. The summed E-state index contributed by atoms with van der Waals surface area (Å²) in [6.45, 7) is 0.0752. The Balaban J connectivity index is 2.28. The van der Waals surface area contributed by atoms with Crippen LogP contribution in [-0.2, 0) is 9.59 Å². The number of ketones is 1. The predicted octanol–water partition coefficient (Wildman–Crippen LogP) is 1.87. The lowest BCUT2D eigenvalue weighted by atomic mass is 10.1. The summed E-state index contributed by atoms with van der Waals surface area (Å²) in [5.74, 6) is -3.35. The van der Waals surface area contributed by atoms with Gasteiger partial charge in [0.2, 0.25) is 0 Å². The van der Waals surface area contributed by atoms with Gasteiger partial charge in [0.05, 0.1) is 16.3 Å². The largest absolute Gasteiger partial charge is 0.481 e. The number of fused-ring (bicyclic) bond motifs is 1. The average molecular weight is 286 g/mol. The van der Waals surface area contributed by atoms with E-state index in [2.05, 4.69) is 0 Å². The van der Waals surface area contributed by atoms with E-state index in [1.165, 1.54) is 6.07 Å². The number of amides is 1. The molecule has 1 aromatic rings. The zero-order valence-electron chi connectivity index (χ0n) is 9.65. The summed E-state index contributed by atoms with van der Waals surface area (Å²) in [5.41, 5.74) is 0.189. The van der Waals surface area contributed by atoms with E-state index in [4.69, 9.17) is 16.7 Å². The maximum absolute atomic E-state index is 13.3. The van der Waals surface area contributed by atoms with Crippen molar-refractivity contribution < 1.29 is 23.9 Å². The molecule has 0 unspecified atom stereocenters. The molecule has 5 nitrogen and oxygen atoms in total. The van der Waals surface area contributed by atoms with Crippen molar-refractivity contribution in [1.29, 1.82) is 0 Å². The number of Topliss-reactive ketones (excluding diaryl/α,β-unsaturated/α-hetero) is 1. The highest BCUT2D eigenvalue weighted by Crippen LogP contribution is 2.33. The van der Waals surface area contributed by atoms with Gasteiger partial charge in [-0.2, -0.15) is 0 Å². The number of aliphatic carboxylic acids is 1. The van der Waals surface area contributed by atoms with E-state index in [0.717, 1.165) is 11.0 Å². The van der Waals surface area contributed by atoms with Crippen LogP contribution in [0.2, 0.25) is 5.02 Å². The minimum absolute atomic E-state index is 0.0396. The van der Waals surface area contributed by atoms with E-state index in [0.29, 0.717) is 0 Å². The van der Waals surface area contributed by atoms with E-state index in [1.807, 2.05) is 0 Å². The Kier molecular flexibility index (Phi) is 3.53. The Morgan fingerprint density at radius 1 is 1.37 bits per heavy atom. The zero-order valence-corrected chi connectivity index (χ0v) is 10.4. The second-order valence-corrected chi connectivity index (χ2v) is 4.47. The van der Waals surface area contributed by atoms with Gasteiger partial charge >= 0.3 is 5.97 Å². The highest BCUT2D eigenvalue weighted by Gasteiger charge is 2.36. The van der Waals surface area contributed by atoms with Crippen molar-refractivity contribution in [2.75, 3.05) is 11.4 Å². The maximum atomic E-state index is 13.3. The molecule has 100 valence electrons. The van der Waals surface area contributed by atoms with Crippen LogP contribution in [0.4, 0.5) is 10.1 Å². The summed E-state index contributed by atoms with van der Waals surface area (Å²) in [6, 6.07) is 2.13. The molecule has 1 N–H and O–H groups in total. The van der Waals surface area contributed by atoms with Gasteiger partial charge in [-0.05, 0) is 18.6 Å². The van der Waals surface area contributed by atoms with E-state index >= 15 is 0 Å². The molecule has 1 aromatic carbocycles. The Labute approximate surface area is 112 Å². The second kappa shape index (κ2) is 4.97. The van der Waals surface area contributed by atoms with Gasteiger partial charge in [-0.15, -0.1) is 0 Å². The van der Waals surface area contributed by atoms with Crippen molar-refractivity contribution in [3.05, 3.63) is 28.5 Å². The van der Waals surface area contributed by atoms with Crippen LogP contribution in [-0.4, -0.2) is 29.3 Å². The number of nitrogens with zero attached hydrogens (tertiary/aromatic N) is 1. The van der Waals surface area contributed by atoms with Crippen LogP contribution in [0.1, 0.15) is 23.2 Å². The Morgan fingerprint density at radius 2 is 2.05 bits per heavy atom. The van der Waals surface area contributed by atoms with Gasteiger partial charge in [0, 0.05) is 13.0 Å². The molecule has 1 aliphatic heterocycles. The van der Waals surface area contributed by atoms with Gasteiger partial charge in [0.1, 0.15) is 5.82 Å². The molecule has 0 saturated carbocycles. The average Bonchev–Trinajstić information content (AvgIpc) is 2.55. The van der Waals surface area contributed by atoms with Crippen LogP contribution in [0.25, 0.3) is 0 Å². The summed E-state index contributed by atoms with van der Waals surface area (Å²) in [5, 5.41) is 8.35. The SMILES string of the molecule is O=C(O)CCCN1C(=O)C(=O)c2cc(F)c(Cl)cc21. The number of anilines is 1. The van der Waals surface area contributed by atoms with E-state index in [-0.39, 0.29) is 35.7 Å². The number of benzene rings is 1. The summed E-state index contributed by atoms with van der Waals surface area (Å²) >= 11 is 5.62. The van der Waals surface area contributed by atoms with Gasteiger partial charge < -0.3 is 10.0 Å². The highest BCUT2D eigenvalue weighted by molar-refractivity contribution is 6.52. The quantitative estimate of drug-likeness (QED) is 0.857. The molecule has 1 heterocycles. The molecule has 0 saturated heterocycles. The van der Waals surface area contributed by atoms with Crippen molar-refractivity contribution in [1.82, 2.24) is 0 Å². The van der Waals surface area contributed by atoms with E-state index in [1.54, 1.807) is 0 Å². The van der Waals surface area contributed by atoms with Gasteiger partial charge in [-0.3, -0.25) is 14.4 Å². The highest BCUT2D eigenvalue weighted by atomic mass is 35.5. The van der Waals surface area contributed by atoms with E-state index < -0.39 is 23.5 Å². The summed E-state index contributed by atoms with van der Waals surface area (Å²) < 4.78 is 13.3. The number of rotatable bonds is 4. The third-order valence-electron chi connectivity index (χ3n) is 2.79. The molecule has 0 bridgehead atoms. The molecule has 0 aromatic heterocycles. The van der Waals surface area contributed by atoms with Gasteiger partial charge in [-0.25, -0.2) is 4.39 Å². The number of carbonyl (C=O) groups is 3. The number of carboxylic acid groups (broad SMARTS) is 1. The van der Waals surface area contributed by atoms with Crippen LogP contribution in [0.15, 0.2) is 12.1 Å². The minimum Gasteiger partial charge on any atom is -0.481 e. The third-order valence-corrected chi connectivity index (χ3v) is 3.08. The molecular weight excluding hydrogens is 277 g/mol. The first-order valence-corrected chi connectivity index (χ1v) is 5.86. The molecule has 0 aliphatic carbocycles.